The minimum absolute atomic E-state index is 0.364. The lowest BCUT2D eigenvalue weighted by Crippen LogP contribution is -2.40. The van der Waals surface area contributed by atoms with E-state index in [2.05, 4.69) is 49.0 Å². The molecule has 1 heterocycles. The molecular weight excluding hydrogens is 246 g/mol. The van der Waals surface area contributed by atoms with Crippen LogP contribution in [0.5, 0.6) is 0 Å². The molecule has 4 rings (SSSR count). The molecule has 2 aliphatic carbocycles. The van der Waals surface area contributed by atoms with Gasteiger partial charge in [0.1, 0.15) is 14.1 Å². The monoisotopic (exact) mass is 268 g/mol. The van der Waals surface area contributed by atoms with E-state index in [0.717, 1.165) is 18.4 Å². The summed E-state index contributed by atoms with van der Waals surface area (Å²) in [6.07, 6.45) is 4.37. The lowest BCUT2D eigenvalue weighted by atomic mass is 9.69. The van der Waals surface area contributed by atoms with Gasteiger partial charge in [0.2, 0.25) is 5.71 Å². The van der Waals surface area contributed by atoms with Crippen LogP contribution < -0.4 is 0 Å². The van der Waals surface area contributed by atoms with Gasteiger partial charge in [0.05, 0.1) is 11.7 Å². The van der Waals surface area contributed by atoms with Crippen molar-refractivity contribution >= 4 is 5.71 Å². The first-order valence-electron chi connectivity index (χ1n) is 7.73. The van der Waals surface area contributed by atoms with E-state index in [1.165, 1.54) is 36.1 Å². The topological polar surface area (TPSA) is 12.2 Å². The molecule has 104 valence electrons. The van der Waals surface area contributed by atoms with Crippen molar-refractivity contribution in [3.8, 4) is 0 Å². The fourth-order valence-electron chi connectivity index (χ4n) is 3.90. The molecule has 1 aromatic rings. The van der Waals surface area contributed by atoms with Gasteiger partial charge in [-0.15, -0.1) is 0 Å². The molecule has 0 bridgehead atoms. The van der Waals surface area contributed by atoms with E-state index in [9.17, 15) is 0 Å². The molecule has 2 fully saturated rings. The second kappa shape index (κ2) is 4.56. The van der Waals surface area contributed by atoms with Crippen molar-refractivity contribution in [3.05, 3.63) is 47.0 Å². The lowest BCUT2D eigenvalue weighted by Gasteiger charge is -2.36. The van der Waals surface area contributed by atoms with Gasteiger partial charge < -0.3 is 4.74 Å². The third-order valence-electron chi connectivity index (χ3n) is 4.85. The highest BCUT2D eigenvalue weighted by molar-refractivity contribution is 6.12. The summed E-state index contributed by atoms with van der Waals surface area (Å²) < 4.78 is 8.29. The summed E-state index contributed by atoms with van der Waals surface area (Å²) in [7, 11) is 4.31. The summed E-state index contributed by atoms with van der Waals surface area (Å²) in [5, 5.41) is 0. The van der Waals surface area contributed by atoms with Crippen LogP contribution in [-0.2, 0) is 4.74 Å². The first-order valence-corrected chi connectivity index (χ1v) is 7.73. The van der Waals surface area contributed by atoms with Gasteiger partial charge in [0.25, 0.3) is 0 Å². The SMILES string of the molecule is C[N+](C)=C(C1=C(C2CC2)[C@H]2CCO[C@@H]12)c1ccccc1. The molecule has 1 aromatic carbocycles. The first-order chi connectivity index (χ1) is 9.77. The third-order valence-corrected chi connectivity index (χ3v) is 4.85. The minimum Gasteiger partial charge on any atom is -0.373 e. The van der Waals surface area contributed by atoms with E-state index < -0.39 is 0 Å². The molecule has 0 N–H and O–H groups in total. The van der Waals surface area contributed by atoms with E-state index in [1.54, 1.807) is 5.57 Å². The number of ether oxygens (including phenoxy) is 1. The Morgan fingerprint density at radius 3 is 2.50 bits per heavy atom. The molecule has 0 unspecified atom stereocenters. The Hall–Kier alpha value is -1.41. The van der Waals surface area contributed by atoms with Crippen LogP contribution in [0.1, 0.15) is 24.8 Å². The number of rotatable bonds is 3. The number of hydrogen-bond donors (Lipinski definition) is 0. The van der Waals surface area contributed by atoms with Gasteiger partial charge in [-0.1, -0.05) is 18.2 Å². The standard InChI is InChI=1S/C18H22NO/c1-19(2)17(13-6-4-3-5-7-13)16-15(12-8-9-12)14-10-11-20-18(14)16/h3-7,12,14,18H,8-11H2,1-2H3/q+1/t14-,18-/m1/s1. The van der Waals surface area contributed by atoms with Crippen molar-refractivity contribution < 1.29 is 9.31 Å². The predicted octanol–water partition coefficient (Wildman–Crippen LogP) is 2.87. The average molecular weight is 268 g/mol. The van der Waals surface area contributed by atoms with Crippen LogP contribution in [0, 0.1) is 11.8 Å². The Morgan fingerprint density at radius 1 is 1.10 bits per heavy atom. The Morgan fingerprint density at radius 2 is 1.85 bits per heavy atom. The van der Waals surface area contributed by atoms with E-state index in [4.69, 9.17) is 4.74 Å². The van der Waals surface area contributed by atoms with Crippen molar-refractivity contribution in [3.63, 3.8) is 0 Å². The molecule has 2 atom stereocenters. The van der Waals surface area contributed by atoms with E-state index in [1.807, 2.05) is 0 Å². The van der Waals surface area contributed by atoms with Gasteiger partial charge >= 0.3 is 0 Å². The van der Waals surface area contributed by atoms with Gasteiger partial charge in [0, 0.05) is 18.1 Å². The first kappa shape index (κ1) is 12.3. The number of benzene rings is 1. The predicted molar refractivity (Wildman–Crippen MR) is 80.3 cm³/mol. The molecule has 0 aromatic heterocycles. The normalized spacial score (nSPS) is 28.1. The maximum atomic E-state index is 6.02. The summed E-state index contributed by atoms with van der Waals surface area (Å²) in [5.41, 5.74) is 5.92. The Balaban J connectivity index is 1.83. The summed E-state index contributed by atoms with van der Waals surface area (Å²) in [5.74, 6) is 1.57. The zero-order valence-corrected chi connectivity index (χ0v) is 12.3. The molecule has 2 heteroatoms. The molecular formula is C18H22NO+. The molecule has 3 aliphatic rings. The van der Waals surface area contributed by atoms with Gasteiger partial charge in [0.15, 0.2) is 0 Å². The Labute approximate surface area is 120 Å². The van der Waals surface area contributed by atoms with Crippen molar-refractivity contribution in [2.45, 2.75) is 25.4 Å². The zero-order valence-electron chi connectivity index (χ0n) is 12.3. The maximum Gasteiger partial charge on any atom is 0.212 e. The summed E-state index contributed by atoms with van der Waals surface area (Å²) in [6, 6.07) is 10.8. The number of nitrogens with zero attached hydrogens (tertiary/aromatic N) is 1. The van der Waals surface area contributed by atoms with Crippen molar-refractivity contribution in [2.75, 3.05) is 20.7 Å². The quantitative estimate of drug-likeness (QED) is 0.606. The Kier molecular flexibility index (Phi) is 2.81. The van der Waals surface area contributed by atoms with Crippen LogP contribution in [-0.4, -0.2) is 37.1 Å². The minimum atomic E-state index is 0.364. The van der Waals surface area contributed by atoms with E-state index >= 15 is 0 Å². The molecule has 0 spiro atoms. The Bertz CT molecular complexity index is 591. The van der Waals surface area contributed by atoms with Crippen molar-refractivity contribution in [2.24, 2.45) is 11.8 Å². The van der Waals surface area contributed by atoms with Crippen LogP contribution in [0.3, 0.4) is 0 Å². The van der Waals surface area contributed by atoms with Gasteiger partial charge in [-0.2, -0.15) is 0 Å². The van der Waals surface area contributed by atoms with Crippen LogP contribution in [0.2, 0.25) is 0 Å². The molecule has 1 saturated heterocycles. The summed E-state index contributed by atoms with van der Waals surface area (Å²) in [4.78, 5) is 0. The molecule has 0 radical (unpaired) electrons. The highest BCUT2D eigenvalue weighted by atomic mass is 16.5. The van der Waals surface area contributed by atoms with Crippen LogP contribution >= 0.6 is 0 Å². The van der Waals surface area contributed by atoms with Crippen molar-refractivity contribution in [1.29, 1.82) is 0 Å². The average Bonchev–Trinajstić information content (AvgIpc) is 3.17. The van der Waals surface area contributed by atoms with Crippen molar-refractivity contribution in [1.82, 2.24) is 0 Å². The molecule has 20 heavy (non-hydrogen) atoms. The molecule has 2 nitrogen and oxygen atoms in total. The second-order valence-corrected chi connectivity index (χ2v) is 6.44. The van der Waals surface area contributed by atoms with Gasteiger partial charge in [-0.3, -0.25) is 0 Å². The highest BCUT2D eigenvalue weighted by Gasteiger charge is 2.52. The largest absolute Gasteiger partial charge is 0.373 e. The van der Waals surface area contributed by atoms with E-state index in [0.29, 0.717) is 6.10 Å². The fourth-order valence-corrected chi connectivity index (χ4v) is 3.90. The maximum absolute atomic E-state index is 6.02. The zero-order chi connectivity index (χ0) is 13.7. The lowest BCUT2D eigenvalue weighted by molar-refractivity contribution is -0.463. The molecule has 0 amide bonds. The van der Waals surface area contributed by atoms with E-state index in [-0.39, 0.29) is 0 Å². The summed E-state index contributed by atoms with van der Waals surface area (Å²) in [6.45, 7) is 0.935. The molecule has 1 aliphatic heterocycles. The fraction of sp³-hybridized carbons (Fsp3) is 0.500. The van der Waals surface area contributed by atoms with Gasteiger partial charge in [-0.25, -0.2) is 4.58 Å². The number of fused-ring (bicyclic) bond motifs is 1. The third kappa shape index (κ3) is 1.78. The number of hydrogen-bond acceptors (Lipinski definition) is 1. The van der Waals surface area contributed by atoms with Crippen LogP contribution in [0.25, 0.3) is 0 Å². The van der Waals surface area contributed by atoms with Gasteiger partial charge in [-0.05, 0) is 42.9 Å². The van der Waals surface area contributed by atoms with Crippen LogP contribution in [0.4, 0.5) is 0 Å². The second-order valence-electron chi connectivity index (χ2n) is 6.44. The smallest absolute Gasteiger partial charge is 0.212 e. The van der Waals surface area contributed by atoms with Crippen LogP contribution in [0.15, 0.2) is 41.5 Å². The molecule has 1 saturated carbocycles. The highest BCUT2D eigenvalue weighted by Crippen LogP contribution is 2.54. The summed E-state index contributed by atoms with van der Waals surface area (Å²) >= 11 is 0.